The SMILES string of the molecule is CC(F)(F)c1ncc(C(=O)N[C@@H](/C=C/S(C)(=O)=O)CC(F)(F)F)c(Oc2ccccc2)n1. The minimum Gasteiger partial charge on any atom is -0.438 e. The summed E-state index contributed by atoms with van der Waals surface area (Å²) >= 11 is 0. The van der Waals surface area contributed by atoms with Crippen LogP contribution in [0.4, 0.5) is 22.0 Å². The van der Waals surface area contributed by atoms with Crippen molar-refractivity contribution in [2.75, 3.05) is 6.26 Å². The van der Waals surface area contributed by atoms with E-state index in [1.54, 1.807) is 18.2 Å². The molecule has 0 aliphatic heterocycles. The molecule has 0 radical (unpaired) electrons. The van der Waals surface area contributed by atoms with Gasteiger partial charge in [0.1, 0.15) is 11.3 Å². The number of ether oxygens (including phenoxy) is 1. The van der Waals surface area contributed by atoms with Crippen LogP contribution in [0, 0.1) is 0 Å². The van der Waals surface area contributed by atoms with Crippen LogP contribution in [-0.4, -0.2) is 42.8 Å². The van der Waals surface area contributed by atoms with Gasteiger partial charge in [-0.05, 0) is 12.1 Å². The highest BCUT2D eigenvalue weighted by atomic mass is 32.2. The van der Waals surface area contributed by atoms with E-state index in [2.05, 4.69) is 9.97 Å². The number of carbonyl (C=O) groups excluding carboxylic acids is 1. The van der Waals surface area contributed by atoms with Gasteiger partial charge in [0.15, 0.2) is 9.84 Å². The lowest BCUT2D eigenvalue weighted by molar-refractivity contribution is -0.136. The Morgan fingerprint density at radius 2 is 1.81 bits per heavy atom. The standard InChI is InChI=1S/C19H18F5N3O4S/c1-18(20,21)17-25-11-14(16(27-17)31-13-6-4-3-5-7-13)15(28)26-12(10-19(22,23)24)8-9-32(2,29)30/h3-9,11-12H,10H2,1-2H3,(H,26,28)/b9-8+/t12-/m0/s1. The van der Waals surface area contributed by atoms with E-state index in [0.29, 0.717) is 24.6 Å². The first-order valence-corrected chi connectivity index (χ1v) is 10.8. The molecule has 7 nitrogen and oxygen atoms in total. The molecule has 0 fully saturated rings. The highest BCUT2D eigenvalue weighted by Gasteiger charge is 2.34. The number of benzene rings is 1. The number of rotatable bonds is 8. The largest absolute Gasteiger partial charge is 0.438 e. The third-order valence-corrected chi connectivity index (χ3v) is 4.33. The van der Waals surface area contributed by atoms with Gasteiger partial charge in [0.25, 0.3) is 5.91 Å². The molecule has 174 valence electrons. The number of aromatic nitrogens is 2. The maximum absolute atomic E-state index is 13.6. The van der Waals surface area contributed by atoms with Gasteiger partial charge in [0.2, 0.25) is 11.7 Å². The lowest BCUT2D eigenvalue weighted by Gasteiger charge is -2.18. The van der Waals surface area contributed by atoms with Crippen molar-refractivity contribution in [3.8, 4) is 11.6 Å². The van der Waals surface area contributed by atoms with Crippen LogP contribution in [0.1, 0.15) is 29.5 Å². The lowest BCUT2D eigenvalue weighted by atomic mass is 10.2. The molecule has 2 rings (SSSR count). The molecule has 1 amide bonds. The van der Waals surface area contributed by atoms with Gasteiger partial charge in [-0.15, -0.1) is 0 Å². The Bertz CT molecular complexity index is 1080. The second-order valence-electron chi connectivity index (χ2n) is 6.77. The van der Waals surface area contributed by atoms with E-state index in [0.717, 1.165) is 6.26 Å². The number of hydrogen-bond donors (Lipinski definition) is 1. The zero-order valence-electron chi connectivity index (χ0n) is 16.7. The topological polar surface area (TPSA) is 98.2 Å². The molecule has 0 saturated carbocycles. The molecule has 0 spiro atoms. The van der Waals surface area contributed by atoms with Crippen LogP contribution >= 0.6 is 0 Å². The molecule has 1 aromatic heterocycles. The summed E-state index contributed by atoms with van der Waals surface area (Å²) < 4.78 is 93.8. The number of carbonyl (C=O) groups is 1. The summed E-state index contributed by atoms with van der Waals surface area (Å²) in [5.74, 6) is -6.13. The van der Waals surface area contributed by atoms with E-state index >= 15 is 0 Å². The van der Waals surface area contributed by atoms with Gasteiger partial charge in [-0.3, -0.25) is 4.79 Å². The summed E-state index contributed by atoms with van der Waals surface area (Å²) in [5.41, 5.74) is -0.526. The quantitative estimate of drug-likeness (QED) is 0.575. The minimum absolute atomic E-state index is 0.120. The van der Waals surface area contributed by atoms with E-state index in [4.69, 9.17) is 4.74 Å². The van der Waals surface area contributed by atoms with Gasteiger partial charge in [0.05, 0.1) is 12.5 Å². The summed E-state index contributed by atoms with van der Waals surface area (Å²) in [4.78, 5) is 19.6. The average Bonchev–Trinajstić information content (AvgIpc) is 2.64. The minimum atomic E-state index is -4.74. The van der Waals surface area contributed by atoms with Gasteiger partial charge in [-0.1, -0.05) is 24.3 Å². The number of alkyl halides is 5. The van der Waals surface area contributed by atoms with Crippen LogP contribution in [-0.2, 0) is 15.8 Å². The Kier molecular flexibility index (Phi) is 7.54. The molecule has 0 aliphatic rings. The molecule has 0 saturated heterocycles. The summed E-state index contributed by atoms with van der Waals surface area (Å²) in [6.07, 6.45) is -4.20. The Morgan fingerprint density at radius 3 is 2.34 bits per heavy atom. The molecule has 32 heavy (non-hydrogen) atoms. The monoisotopic (exact) mass is 479 g/mol. The van der Waals surface area contributed by atoms with Gasteiger partial charge in [-0.25, -0.2) is 13.4 Å². The molecule has 0 bridgehead atoms. The number of nitrogens with zero attached hydrogens (tertiary/aromatic N) is 2. The van der Waals surface area contributed by atoms with Crippen molar-refractivity contribution < 1.29 is 39.9 Å². The molecule has 1 heterocycles. The zero-order valence-corrected chi connectivity index (χ0v) is 17.5. The van der Waals surface area contributed by atoms with Crippen LogP contribution in [0.25, 0.3) is 0 Å². The predicted molar refractivity (Wildman–Crippen MR) is 104 cm³/mol. The van der Waals surface area contributed by atoms with E-state index in [1.165, 1.54) is 12.1 Å². The molecular weight excluding hydrogens is 461 g/mol. The van der Waals surface area contributed by atoms with Gasteiger partial charge in [0, 0.05) is 24.8 Å². The Hall–Kier alpha value is -3.09. The normalized spacial score (nSPS) is 13.7. The second-order valence-corrected chi connectivity index (χ2v) is 8.70. The van der Waals surface area contributed by atoms with Crippen molar-refractivity contribution in [1.29, 1.82) is 0 Å². The molecule has 1 atom stereocenters. The highest BCUT2D eigenvalue weighted by molar-refractivity contribution is 7.93. The van der Waals surface area contributed by atoms with Crippen LogP contribution in [0.3, 0.4) is 0 Å². The Labute approximate surface area is 180 Å². The maximum atomic E-state index is 13.6. The number of nitrogens with one attached hydrogen (secondary N) is 1. The van der Waals surface area contributed by atoms with Crippen molar-refractivity contribution >= 4 is 15.7 Å². The number of sulfone groups is 1. The van der Waals surface area contributed by atoms with Crippen molar-refractivity contribution in [2.45, 2.75) is 31.5 Å². The molecule has 0 aliphatic carbocycles. The summed E-state index contributed by atoms with van der Waals surface area (Å²) in [6, 6.07) is 5.86. The average molecular weight is 479 g/mol. The summed E-state index contributed by atoms with van der Waals surface area (Å²) in [6.45, 7) is 0.518. The Balaban J connectivity index is 2.41. The predicted octanol–water partition coefficient (Wildman–Crippen LogP) is 3.99. The molecule has 1 N–H and O–H groups in total. The number of halogens is 5. The molecule has 13 heteroatoms. The maximum Gasteiger partial charge on any atom is 0.391 e. The molecule has 1 aromatic carbocycles. The number of para-hydroxylation sites is 1. The van der Waals surface area contributed by atoms with Crippen LogP contribution in [0.2, 0.25) is 0 Å². The van der Waals surface area contributed by atoms with Crippen molar-refractivity contribution in [2.24, 2.45) is 0 Å². The van der Waals surface area contributed by atoms with Crippen LogP contribution in [0.5, 0.6) is 11.6 Å². The fraction of sp³-hybridized carbons (Fsp3) is 0.316. The zero-order chi connectivity index (χ0) is 24.2. The van der Waals surface area contributed by atoms with E-state index in [1.807, 2.05) is 5.32 Å². The van der Waals surface area contributed by atoms with E-state index < -0.39 is 57.6 Å². The first-order chi connectivity index (χ1) is 14.6. The first kappa shape index (κ1) is 25.2. The van der Waals surface area contributed by atoms with Crippen molar-refractivity contribution in [3.05, 3.63) is 59.4 Å². The van der Waals surface area contributed by atoms with Crippen molar-refractivity contribution in [1.82, 2.24) is 15.3 Å². The van der Waals surface area contributed by atoms with Gasteiger partial charge >= 0.3 is 12.1 Å². The molecular formula is C19H18F5N3O4S. The second kappa shape index (κ2) is 9.59. The molecule has 2 aromatic rings. The van der Waals surface area contributed by atoms with Crippen LogP contribution in [0.15, 0.2) is 48.0 Å². The van der Waals surface area contributed by atoms with Crippen molar-refractivity contribution in [3.63, 3.8) is 0 Å². The Morgan fingerprint density at radius 1 is 1.19 bits per heavy atom. The fourth-order valence-electron chi connectivity index (χ4n) is 2.31. The molecule has 0 unspecified atom stereocenters. The third-order valence-electron chi connectivity index (χ3n) is 3.67. The number of amides is 1. The number of hydrogen-bond acceptors (Lipinski definition) is 6. The van der Waals surface area contributed by atoms with Gasteiger partial charge < -0.3 is 10.1 Å². The third kappa shape index (κ3) is 8.21. The summed E-state index contributed by atoms with van der Waals surface area (Å²) in [7, 11) is -3.78. The smallest absolute Gasteiger partial charge is 0.391 e. The fourth-order valence-corrected chi connectivity index (χ4v) is 2.79. The van der Waals surface area contributed by atoms with E-state index in [-0.39, 0.29) is 5.75 Å². The van der Waals surface area contributed by atoms with E-state index in [9.17, 15) is 35.2 Å². The van der Waals surface area contributed by atoms with Crippen LogP contribution < -0.4 is 10.1 Å². The summed E-state index contributed by atoms with van der Waals surface area (Å²) in [5, 5.41) is 2.51. The highest BCUT2D eigenvalue weighted by Crippen LogP contribution is 2.29. The first-order valence-electron chi connectivity index (χ1n) is 8.88. The van der Waals surface area contributed by atoms with Gasteiger partial charge in [-0.2, -0.15) is 26.9 Å². The lowest BCUT2D eigenvalue weighted by Crippen LogP contribution is -2.37.